The van der Waals surface area contributed by atoms with Gasteiger partial charge in [-0.3, -0.25) is 10.1 Å². The fraction of sp³-hybridized carbons (Fsp3) is 0.471. The van der Waals surface area contributed by atoms with Crippen LogP contribution in [0.1, 0.15) is 43.0 Å². The summed E-state index contributed by atoms with van der Waals surface area (Å²) in [6, 6.07) is 6.44. The number of carbonyl (C=O) groups is 3. The standard InChI is InChI=1S/C17H22N2O5/c1-2-23-17(22)19-14-9-5-6-12(10-14)16(21)24-11-15(20)18-13-7-3-4-8-13/h5-6,9-10,13H,2-4,7-8,11H2,1H3,(H,18,20)(H,19,22). The third-order valence-electron chi connectivity index (χ3n) is 3.67. The molecule has 0 radical (unpaired) electrons. The number of rotatable bonds is 6. The zero-order chi connectivity index (χ0) is 17.4. The second kappa shape index (κ2) is 8.90. The van der Waals surface area contributed by atoms with Gasteiger partial charge >= 0.3 is 12.1 Å². The van der Waals surface area contributed by atoms with Crippen LogP contribution in [0.25, 0.3) is 0 Å². The fourth-order valence-electron chi connectivity index (χ4n) is 2.56. The van der Waals surface area contributed by atoms with E-state index in [0.717, 1.165) is 25.7 Å². The first-order valence-electron chi connectivity index (χ1n) is 8.09. The average molecular weight is 334 g/mol. The van der Waals surface area contributed by atoms with Gasteiger partial charge in [-0.25, -0.2) is 9.59 Å². The lowest BCUT2D eigenvalue weighted by molar-refractivity contribution is -0.124. The van der Waals surface area contributed by atoms with Crippen molar-refractivity contribution >= 4 is 23.7 Å². The zero-order valence-corrected chi connectivity index (χ0v) is 13.7. The van der Waals surface area contributed by atoms with Crippen LogP contribution >= 0.6 is 0 Å². The third kappa shape index (κ3) is 5.57. The number of nitrogens with one attached hydrogen (secondary N) is 2. The van der Waals surface area contributed by atoms with Crippen LogP contribution in [0.3, 0.4) is 0 Å². The smallest absolute Gasteiger partial charge is 0.411 e. The molecule has 1 aliphatic carbocycles. The molecule has 2 N–H and O–H groups in total. The summed E-state index contributed by atoms with van der Waals surface area (Å²) < 4.78 is 9.78. The van der Waals surface area contributed by atoms with Crippen LogP contribution < -0.4 is 10.6 Å². The average Bonchev–Trinajstić information content (AvgIpc) is 3.06. The van der Waals surface area contributed by atoms with E-state index in [0.29, 0.717) is 5.69 Å². The Labute approximate surface area is 140 Å². The predicted octanol–water partition coefficient (Wildman–Crippen LogP) is 2.47. The van der Waals surface area contributed by atoms with Gasteiger partial charge in [0.15, 0.2) is 6.61 Å². The Hall–Kier alpha value is -2.57. The monoisotopic (exact) mass is 334 g/mol. The summed E-state index contributed by atoms with van der Waals surface area (Å²) in [6.07, 6.45) is 3.58. The molecular weight excluding hydrogens is 312 g/mol. The number of carbonyl (C=O) groups excluding carboxylic acids is 3. The maximum absolute atomic E-state index is 12.0. The van der Waals surface area contributed by atoms with Crippen molar-refractivity contribution in [1.29, 1.82) is 0 Å². The van der Waals surface area contributed by atoms with Gasteiger partial charge in [0, 0.05) is 11.7 Å². The van der Waals surface area contributed by atoms with Crippen molar-refractivity contribution in [3.8, 4) is 0 Å². The molecule has 0 unspecified atom stereocenters. The van der Waals surface area contributed by atoms with E-state index in [4.69, 9.17) is 9.47 Å². The summed E-state index contributed by atoms with van der Waals surface area (Å²) in [4.78, 5) is 35.1. The van der Waals surface area contributed by atoms with Crippen LogP contribution in [0.2, 0.25) is 0 Å². The summed E-state index contributed by atoms with van der Waals surface area (Å²) >= 11 is 0. The first-order chi connectivity index (χ1) is 11.6. The first-order valence-corrected chi connectivity index (χ1v) is 8.09. The number of hydrogen-bond donors (Lipinski definition) is 2. The van der Waals surface area contributed by atoms with Crippen LogP contribution in [0.15, 0.2) is 24.3 Å². The molecule has 1 fully saturated rings. The Morgan fingerprint density at radius 1 is 1.17 bits per heavy atom. The lowest BCUT2D eigenvalue weighted by Gasteiger charge is -2.12. The molecule has 7 nitrogen and oxygen atoms in total. The number of amides is 2. The lowest BCUT2D eigenvalue weighted by Crippen LogP contribution is -2.35. The summed E-state index contributed by atoms with van der Waals surface area (Å²) in [6.45, 7) is 1.64. The van der Waals surface area contributed by atoms with Gasteiger partial charge in [0.05, 0.1) is 12.2 Å². The molecule has 1 aliphatic rings. The van der Waals surface area contributed by atoms with Crippen molar-refractivity contribution in [3.63, 3.8) is 0 Å². The van der Waals surface area contributed by atoms with E-state index in [-0.39, 0.29) is 30.7 Å². The Kier molecular flexibility index (Phi) is 6.60. The number of hydrogen-bond acceptors (Lipinski definition) is 5. The molecule has 0 aliphatic heterocycles. The number of esters is 1. The molecule has 0 saturated heterocycles. The highest BCUT2D eigenvalue weighted by atomic mass is 16.5. The summed E-state index contributed by atoms with van der Waals surface area (Å²) in [5, 5.41) is 5.35. The van der Waals surface area contributed by atoms with E-state index in [2.05, 4.69) is 10.6 Å². The van der Waals surface area contributed by atoms with E-state index < -0.39 is 12.1 Å². The van der Waals surface area contributed by atoms with Crippen molar-refractivity contribution in [2.75, 3.05) is 18.5 Å². The number of ether oxygens (including phenoxy) is 2. The Morgan fingerprint density at radius 3 is 2.62 bits per heavy atom. The zero-order valence-electron chi connectivity index (χ0n) is 13.7. The van der Waals surface area contributed by atoms with Gasteiger partial charge in [0.25, 0.3) is 5.91 Å². The van der Waals surface area contributed by atoms with Gasteiger partial charge in [-0.05, 0) is 38.0 Å². The highest BCUT2D eigenvalue weighted by Crippen LogP contribution is 2.17. The first kappa shape index (κ1) is 17.8. The second-order valence-electron chi connectivity index (χ2n) is 5.55. The summed E-state index contributed by atoms with van der Waals surface area (Å²) in [5.74, 6) is -0.917. The molecule has 2 amide bonds. The van der Waals surface area contributed by atoms with Gasteiger partial charge in [0.1, 0.15) is 0 Å². The van der Waals surface area contributed by atoms with Gasteiger partial charge in [0.2, 0.25) is 0 Å². The molecule has 1 saturated carbocycles. The number of anilines is 1. The Bertz CT molecular complexity index is 596. The van der Waals surface area contributed by atoms with Gasteiger partial charge in [-0.15, -0.1) is 0 Å². The van der Waals surface area contributed by atoms with Crippen LogP contribution in [0.5, 0.6) is 0 Å². The SMILES string of the molecule is CCOC(=O)Nc1cccc(C(=O)OCC(=O)NC2CCCC2)c1. The normalized spacial score (nSPS) is 14.0. The van der Waals surface area contributed by atoms with Crippen LogP contribution in [-0.2, 0) is 14.3 Å². The Morgan fingerprint density at radius 2 is 1.92 bits per heavy atom. The lowest BCUT2D eigenvalue weighted by atomic mass is 10.2. The van der Waals surface area contributed by atoms with E-state index in [1.165, 1.54) is 6.07 Å². The quantitative estimate of drug-likeness (QED) is 0.780. The maximum atomic E-state index is 12.0. The van der Waals surface area contributed by atoms with E-state index in [9.17, 15) is 14.4 Å². The van der Waals surface area contributed by atoms with Gasteiger partial charge in [-0.2, -0.15) is 0 Å². The maximum Gasteiger partial charge on any atom is 0.411 e. The molecular formula is C17H22N2O5. The molecule has 0 bridgehead atoms. The van der Waals surface area contributed by atoms with Crippen molar-refractivity contribution in [2.24, 2.45) is 0 Å². The van der Waals surface area contributed by atoms with Gasteiger partial charge in [-0.1, -0.05) is 18.9 Å². The van der Waals surface area contributed by atoms with E-state index in [1.807, 2.05) is 0 Å². The van der Waals surface area contributed by atoms with Crippen molar-refractivity contribution in [3.05, 3.63) is 29.8 Å². The molecule has 0 spiro atoms. The molecule has 2 rings (SSSR count). The largest absolute Gasteiger partial charge is 0.452 e. The summed E-state index contributed by atoms with van der Waals surface area (Å²) in [7, 11) is 0. The van der Waals surface area contributed by atoms with Crippen LogP contribution in [0, 0.1) is 0 Å². The summed E-state index contributed by atoms with van der Waals surface area (Å²) in [5.41, 5.74) is 0.663. The fourth-order valence-corrected chi connectivity index (χ4v) is 2.56. The minimum absolute atomic E-state index is 0.188. The highest BCUT2D eigenvalue weighted by molar-refractivity contribution is 5.93. The molecule has 130 valence electrons. The van der Waals surface area contributed by atoms with Crippen LogP contribution in [0.4, 0.5) is 10.5 Å². The molecule has 0 atom stereocenters. The van der Waals surface area contributed by atoms with Gasteiger partial charge < -0.3 is 14.8 Å². The van der Waals surface area contributed by atoms with E-state index in [1.54, 1.807) is 25.1 Å². The van der Waals surface area contributed by atoms with Crippen molar-refractivity contribution in [1.82, 2.24) is 5.32 Å². The van der Waals surface area contributed by atoms with Crippen molar-refractivity contribution < 1.29 is 23.9 Å². The predicted molar refractivity (Wildman–Crippen MR) is 87.8 cm³/mol. The minimum atomic E-state index is -0.621. The van der Waals surface area contributed by atoms with Crippen LogP contribution in [-0.4, -0.2) is 37.2 Å². The molecule has 0 heterocycles. The van der Waals surface area contributed by atoms with Crippen molar-refractivity contribution in [2.45, 2.75) is 38.6 Å². The highest BCUT2D eigenvalue weighted by Gasteiger charge is 2.18. The molecule has 1 aromatic rings. The number of benzene rings is 1. The molecule has 0 aromatic heterocycles. The molecule has 1 aromatic carbocycles. The second-order valence-corrected chi connectivity index (χ2v) is 5.55. The third-order valence-corrected chi connectivity index (χ3v) is 3.67. The molecule has 7 heteroatoms. The molecule has 24 heavy (non-hydrogen) atoms. The minimum Gasteiger partial charge on any atom is -0.452 e. The Balaban J connectivity index is 1.83. The van der Waals surface area contributed by atoms with E-state index >= 15 is 0 Å². The topological polar surface area (TPSA) is 93.7 Å².